The molecule has 11 heteroatoms. The van der Waals surface area contributed by atoms with Gasteiger partial charge >= 0.3 is 35.7 Å². The van der Waals surface area contributed by atoms with E-state index < -0.39 is 36.0 Å². The first-order valence-electron chi connectivity index (χ1n) is 7.05. The SMILES string of the molecule is NC(=O)CN1CCC2C(COC(N)=O)=C(C(=O)[O-])N3C(=O)[C@@H]1[C@@H]23.[Na+]. The number of hydrogen-bond acceptors (Lipinski definition) is 7. The van der Waals surface area contributed by atoms with Crippen molar-refractivity contribution in [1.29, 1.82) is 0 Å². The van der Waals surface area contributed by atoms with Crippen LogP contribution in [0.3, 0.4) is 0 Å². The van der Waals surface area contributed by atoms with Gasteiger partial charge in [0.15, 0.2) is 0 Å². The number of hydrogen-bond donors (Lipinski definition) is 2. The third kappa shape index (κ3) is 2.79. The quantitative estimate of drug-likeness (QED) is 0.370. The third-order valence-electron chi connectivity index (χ3n) is 4.56. The van der Waals surface area contributed by atoms with Crippen molar-refractivity contribution in [1.82, 2.24) is 9.80 Å². The van der Waals surface area contributed by atoms with E-state index in [-0.39, 0.29) is 54.3 Å². The van der Waals surface area contributed by atoms with Crippen molar-refractivity contribution >= 4 is 23.9 Å². The Labute approximate surface area is 159 Å². The van der Waals surface area contributed by atoms with E-state index in [1.165, 1.54) is 0 Å². The number of carboxylic acids is 1. The summed E-state index contributed by atoms with van der Waals surface area (Å²) in [6.45, 7) is 0.0438. The molecule has 0 aliphatic carbocycles. The van der Waals surface area contributed by atoms with Crippen molar-refractivity contribution in [3.05, 3.63) is 11.3 Å². The van der Waals surface area contributed by atoms with E-state index in [4.69, 9.17) is 16.2 Å². The van der Waals surface area contributed by atoms with E-state index in [0.717, 1.165) is 4.90 Å². The molecule has 2 saturated heterocycles. The van der Waals surface area contributed by atoms with Gasteiger partial charge in [-0.1, -0.05) is 0 Å². The molecule has 24 heavy (non-hydrogen) atoms. The van der Waals surface area contributed by atoms with Crippen LogP contribution in [-0.2, 0) is 19.1 Å². The Morgan fingerprint density at radius 1 is 1.29 bits per heavy atom. The fourth-order valence-corrected chi connectivity index (χ4v) is 3.78. The Balaban J connectivity index is 0.00000208. The third-order valence-corrected chi connectivity index (χ3v) is 4.56. The van der Waals surface area contributed by atoms with Crippen LogP contribution in [0.5, 0.6) is 0 Å². The summed E-state index contributed by atoms with van der Waals surface area (Å²) in [5.41, 5.74) is 10.2. The van der Waals surface area contributed by atoms with Gasteiger partial charge in [0, 0.05) is 12.5 Å². The first-order valence-corrected chi connectivity index (χ1v) is 7.05. The molecule has 3 amide bonds. The molecule has 0 saturated carbocycles. The van der Waals surface area contributed by atoms with Crippen LogP contribution in [-0.4, -0.2) is 65.5 Å². The van der Waals surface area contributed by atoms with Crippen LogP contribution in [0.2, 0.25) is 0 Å². The minimum Gasteiger partial charge on any atom is -0.543 e. The minimum absolute atomic E-state index is 0. The van der Waals surface area contributed by atoms with Gasteiger partial charge in [-0.25, -0.2) is 4.79 Å². The number of nitrogens with two attached hydrogens (primary N) is 2. The molecule has 3 aliphatic heterocycles. The van der Waals surface area contributed by atoms with Gasteiger partial charge in [-0.15, -0.1) is 0 Å². The average molecular weight is 346 g/mol. The molecular weight excluding hydrogens is 331 g/mol. The van der Waals surface area contributed by atoms with Gasteiger partial charge in [-0.2, -0.15) is 0 Å². The monoisotopic (exact) mass is 346 g/mol. The van der Waals surface area contributed by atoms with Gasteiger partial charge < -0.3 is 31.0 Å². The number of primary amides is 2. The molecule has 0 aromatic heterocycles. The number of carbonyl (C=O) groups excluding carboxylic acids is 4. The summed E-state index contributed by atoms with van der Waals surface area (Å²) in [6.07, 6.45) is -0.523. The molecule has 0 aromatic carbocycles. The van der Waals surface area contributed by atoms with Crippen molar-refractivity contribution in [2.45, 2.75) is 18.5 Å². The van der Waals surface area contributed by atoms with Crippen LogP contribution >= 0.6 is 0 Å². The molecular formula is C13H15N4NaO6. The predicted molar refractivity (Wildman–Crippen MR) is 70.9 cm³/mol. The summed E-state index contributed by atoms with van der Waals surface area (Å²) < 4.78 is 4.71. The molecule has 0 aromatic rings. The summed E-state index contributed by atoms with van der Waals surface area (Å²) in [5, 5.41) is 11.4. The summed E-state index contributed by atoms with van der Waals surface area (Å²) in [7, 11) is 0. The number of ether oxygens (including phenoxy) is 1. The average Bonchev–Trinajstić information content (AvgIpc) is 2.76. The summed E-state index contributed by atoms with van der Waals surface area (Å²) in [5.74, 6) is -2.75. The molecule has 2 fully saturated rings. The number of carbonyl (C=O) groups is 4. The number of carboxylic acid groups (broad SMARTS) is 1. The smallest absolute Gasteiger partial charge is 0.543 e. The molecule has 10 nitrogen and oxygen atoms in total. The molecule has 3 rings (SSSR count). The van der Waals surface area contributed by atoms with Gasteiger partial charge in [0.1, 0.15) is 12.6 Å². The molecule has 0 radical (unpaired) electrons. The van der Waals surface area contributed by atoms with Crippen molar-refractivity contribution in [2.24, 2.45) is 17.4 Å². The van der Waals surface area contributed by atoms with E-state index >= 15 is 0 Å². The summed E-state index contributed by atoms with van der Waals surface area (Å²) >= 11 is 0. The van der Waals surface area contributed by atoms with E-state index in [1.807, 2.05) is 0 Å². The molecule has 3 heterocycles. The number of aliphatic carboxylic acids is 1. The number of rotatable bonds is 5. The maximum absolute atomic E-state index is 12.3. The zero-order valence-corrected chi connectivity index (χ0v) is 15.1. The van der Waals surface area contributed by atoms with Crippen LogP contribution in [0.4, 0.5) is 4.79 Å². The van der Waals surface area contributed by atoms with Crippen LogP contribution in [0.15, 0.2) is 11.3 Å². The van der Waals surface area contributed by atoms with Crippen LogP contribution < -0.4 is 46.1 Å². The van der Waals surface area contributed by atoms with Gasteiger partial charge in [0.2, 0.25) is 11.8 Å². The second-order valence-electron chi connectivity index (χ2n) is 5.74. The number of likely N-dealkylation sites (tertiary alicyclic amines) is 1. The largest absolute Gasteiger partial charge is 1.00 e. The van der Waals surface area contributed by atoms with Crippen LogP contribution in [0, 0.1) is 5.92 Å². The Morgan fingerprint density at radius 3 is 2.50 bits per heavy atom. The Kier molecular flexibility index (Phi) is 5.23. The topological polar surface area (TPSA) is 159 Å². The fourth-order valence-electron chi connectivity index (χ4n) is 3.78. The van der Waals surface area contributed by atoms with Gasteiger partial charge in [0.05, 0.1) is 24.3 Å². The fraction of sp³-hybridized carbons (Fsp3) is 0.538. The van der Waals surface area contributed by atoms with Crippen molar-refractivity contribution < 1.29 is 58.6 Å². The number of nitrogens with zero attached hydrogens (tertiary/aromatic N) is 2. The molecule has 4 N–H and O–H groups in total. The second kappa shape index (κ2) is 6.71. The first-order chi connectivity index (χ1) is 10.8. The summed E-state index contributed by atoms with van der Waals surface area (Å²) in [6, 6.07) is -1.00. The van der Waals surface area contributed by atoms with E-state index in [9.17, 15) is 24.3 Å². The number of piperidine rings is 1. The zero-order valence-electron chi connectivity index (χ0n) is 13.1. The molecule has 0 spiro atoms. The van der Waals surface area contributed by atoms with Crippen molar-refractivity contribution in [3.8, 4) is 0 Å². The van der Waals surface area contributed by atoms with Crippen LogP contribution in [0.1, 0.15) is 6.42 Å². The van der Waals surface area contributed by atoms with Crippen molar-refractivity contribution in [3.63, 3.8) is 0 Å². The molecule has 1 unspecified atom stereocenters. The Bertz CT molecular complexity index is 650. The standard InChI is InChI=1S/C13H16N4O6.Na/c14-7(18)3-16-2-1-5-6(4-23-13(15)22)9(12(20)21)17-8(5)10(16)11(17)19;/h5,8,10H,1-4H2,(H2,14,18)(H2,15,22)(H,20,21);/q;+1/p-1/t5?,8-,10+;/m1./s1. The molecule has 0 bridgehead atoms. The number of β-lactam (4-membered cyclic amide) rings is 1. The van der Waals surface area contributed by atoms with Gasteiger partial charge in [-0.05, 0) is 12.0 Å². The number of amides is 3. The molecule has 3 aliphatic rings. The maximum Gasteiger partial charge on any atom is 1.00 e. The second-order valence-corrected chi connectivity index (χ2v) is 5.74. The Morgan fingerprint density at radius 2 is 1.96 bits per heavy atom. The van der Waals surface area contributed by atoms with E-state index in [2.05, 4.69) is 0 Å². The molecule has 124 valence electrons. The van der Waals surface area contributed by atoms with Crippen molar-refractivity contribution in [2.75, 3.05) is 19.7 Å². The normalized spacial score (nSPS) is 27.9. The van der Waals surface area contributed by atoms with Gasteiger partial charge in [0.25, 0.3) is 0 Å². The van der Waals surface area contributed by atoms with E-state index in [1.54, 1.807) is 4.90 Å². The maximum atomic E-state index is 12.3. The first kappa shape index (κ1) is 18.7. The minimum atomic E-state index is -1.50. The molecule has 3 atom stereocenters. The van der Waals surface area contributed by atoms with Gasteiger partial charge in [-0.3, -0.25) is 14.5 Å². The Hall–Kier alpha value is -1.62. The summed E-state index contributed by atoms with van der Waals surface area (Å²) in [4.78, 5) is 48.4. The van der Waals surface area contributed by atoms with Crippen LogP contribution in [0.25, 0.3) is 0 Å². The predicted octanol–water partition coefficient (Wildman–Crippen LogP) is -6.51. The van der Waals surface area contributed by atoms with E-state index in [0.29, 0.717) is 18.5 Å². The zero-order chi connectivity index (χ0) is 16.9.